The molecule has 0 amide bonds. The molecule has 1 saturated heterocycles. The molecule has 1 fully saturated rings. The summed E-state index contributed by atoms with van der Waals surface area (Å²) < 4.78 is 44.8. The Hall–Kier alpha value is -3.96. The number of alkyl halides is 3. The highest BCUT2D eigenvalue weighted by atomic mass is 19.4. The van der Waals surface area contributed by atoms with Crippen LogP contribution in [0.15, 0.2) is 61.1 Å². The van der Waals surface area contributed by atoms with Gasteiger partial charge in [-0.3, -0.25) is 5.10 Å². The fraction of sp³-hybridized carbons (Fsp3) is 0.321. The minimum Gasteiger partial charge on any atom is -0.375 e. The van der Waals surface area contributed by atoms with E-state index >= 15 is 0 Å². The molecule has 11 heteroatoms. The van der Waals surface area contributed by atoms with Gasteiger partial charge >= 0.3 is 6.18 Å². The Kier molecular flexibility index (Phi) is 6.92. The number of unbranched alkanes of at least 4 members (excludes halogenated alkanes) is 1. The van der Waals surface area contributed by atoms with Crippen molar-refractivity contribution in [1.82, 2.24) is 30.7 Å². The third-order valence-corrected chi connectivity index (χ3v) is 7.06. The first kappa shape index (κ1) is 25.3. The van der Waals surface area contributed by atoms with Gasteiger partial charge in [0.2, 0.25) is 0 Å². The zero-order valence-electron chi connectivity index (χ0n) is 21.1. The number of rotatable bonds is 10. The quantitative estimate of drug-likeness (QED) is 0.210. The number of fused-ring (bicyclic) bond motifs is 2. The van der Waals surface area contributed by atoms with E-state index in [9.17, 15) is 13.2 Å². The van der Waals surface area contributed by atoms with Crippen molar-refractivity contribution in [1.29, 1.82) is 0 Å². The predicted molar refractivity (Wildman–Crippen MR) is 143 cm³/mol. The molecule has 5 aromatic rings. The van der Waals surface area contributed by atoms with Crippen molar-refractivity contribution in [2.75, 3.05) is 31.1 Å². The second-order valence-corrected chi connectivity index (χ2v) is 9.83. The van der Waals surface area contributed by atoms with E-state index in [1.165, 1.54) is 12.1 Å². The van der Waals surface area contributed by atoms with Crippen LogP contribution in [0.25, 0.3) is 32.9 Å². The summed E-state index contributed by atoms with van der Waals surface area (Å²) >= 11 is 0. The molecule has 0 spiro atoms. The van der Waals surface area contributed by atoms with E-state index in [-0.39, 0.29) is 6.10 Å². The van der Waals surface area contributed by atoms with E-state index in [1.54, 1.807) is 18.5 Å². The van der Waals surface area contributed by atoms with Crippen molar-refractivity contribution >= 4 is 27.5 Å². The van der Waals surface area contributed by atoms with Crippen LogP contribution >= 0.6 is 0 Å². The molecule has 0 radical (unpaired) electrons. The Morgan fingerprint density at radius 1 is 0.974 bits per heavy atom. The van der Waals surface area contributed by atoms with Gasteiger partial charge in [0.25, 0.3) is 0 Å². The Labute approximate surface area is 222 Å². The van der Waals surface area contributed by atoms with Crippen LogP contribution in [0.2, 0.25) is 0 Å². The first-order valence-corrected chi connectivity index (χ1v) is 12.9. The maximum Gasteiger partial charge on any atom is 0.416 e. The van der Waals surface area contributed by atoms with Crippen LogP contribution in [0, 0.1) is 0 Å². The molecular formula is C28H28F3N7O. The number of halogens is 3. The van der Waals surface area contributed by atoms with Crippen molar-refractivity contribution in [3.05, 3.63) is 72.3 Å². The summed E-state index contributed by atoms with van der Waals surface area (Å²) in [5, 5.41) is 20.2. The summed E-state index contributed by atoms with van der Waals surface area (Å²) in [5.41, 5.74) is 5.12. The second kappa shape index (κ2) is 10.7. The Morgan fingerprint density at radius 3 is 2.69 bits per heavy atom. The molecule has 0 unspecified atom stereocenters. The molecule has 1 aliphatic rings. The number of benzene rings is 2. The number of H-pyrrole nitrogens is 2. The zero-order valence-corrected chi connectivity index (χ0v) is 21.1. The maximum atomic E-state index is 12.9. The van der Waals surface area contributed by atoms with Crippen LogP contribution in [0.3, 0.4) is 0 Å². The average Bonchev–Trinajstić information content (AvgIpc) is 3.55. The largest absolute Gasteiger partial charge is 0.416 e. The molecule has 39 heavy (non-hydrogen) atoms. The van der Waals surface area contributed by atoms with Crippen molar-refractivity contribution < 1.29 is 17.9 Å². The fourth-order valence-corrected chi connectivity index (χ4v) is 4.95. The van der Waals surface area contributed by atoms with Gasteiger partial charge in [0.15, 0.2) is 0 Å². The lowest BCUT2D eigenvalue weighted by Crippen LogP contribution is -2.52. The van der Waals surface area contributed by atoms with Crippen LogP contribution in [0.1, 0.15) is 24.1 Å². The van der Waals surface area contributed by atoms with Gasteiger partial charge in [0.1, 0.15) is 0 Å². The van der Waals surface area contributed by atoms with Gasteiger partial charge < -0.3 is 19.9 Å². The Morgan fingerprint density at radius 2 is 1.87 bits per heavy atom. The summed E-state index contributed by atoms with van der Waals surface area (Å²) in [4.78, 5) is 5.48. The summed E-state index contributed by atoms with van der Waals surface area (Å²) in [5.74, 6) is 0. The third kappa shape index (κ3) is 5.59. The lowest BCUT2D eigenvalue weighted by Gasteiger charge is -2.41. The number of aromatic nitrogens is 5. The van der Waals surface area contributed by atoms with Crippen molar-refractivity contribution in [3.8, 4) is 11.1 Å². The number of ether oxygens (including phenoxy) is 1. The molecule has 0 saturated carbocycles. The number of anilines is 1. The molecule has 3 aromatic heterocycles. The Balaban J connectivity index is 0.926. The summed E-state index contributed by atoms with van der Waals surface area (Å²) in [6.45, 7) is 3.72. The summed E-state index contributed by atoms with van der Waals surface area (Å²) in [7, 11) is 0. The standard InChI is InChI=1S/C28H28F3N7O/c29-28(30,31)21-3-4-25-20(9-21)10-22(36-25)14-32-6-1-2-8-39-23-16-38(17-23)27-12-19(18-5-7-33-34-13-18)11-26-24(27)15-35-37-26/h3-5,7,9-13,15,23,32,36H,1-2,6,8,14,16-17H2,(H,35,37). The topological polar surface area (TPSA) is 94.7 Å². The summed E-state index contributed by atoms with van der Waals surface area (Å²) in [6, 6.07) is 11.7. The molecule has 2 aromatic carbocycles. The van der Waals surface area contributed by atoms with E-state index in [0.717, 1.165) is 72.0 Å². The molecule has 0 aliphatic carbocycles. The number of nitrogens with zero attached hydrogens (tertiary/aromatic N) is 4. The van der Waals surface area contributed by atoms with E-state index < -0.39 is 11.7 Å². The SMILES string of the molecule is FC(F)(F)c1ccc2[nH]c(CNCCCCOC3CN(c4cc(-c5ccnnc5)cc5[nH]ncc45)C3)cc2c1. The van der Waals surface area contributed by atoms with Gasteiger partial charge in [0.05, 0.1) is 35.8 Å². The van der Waals surface area contributed by atoms with Gasteiger partial charge in [-0.2, -0.15) is 28.5 Å². The highest BCUT2D eigenvalue weighted by molar-refractivity contribution is 5.96. The van der Waals surface area contributed by atoms with E-state index in [4.69, 9.17) is 4.74 Å². The van der Waals surface area contributed by atoms with Gasteiger partial charge in [-0.15, -0.1) is 0 Å². The van der Waals surface area contributed by atoms with Crippen LogP contribution in [0.4, 0.5) is 18.9 Å². The normalized spacial score (nSPS) is 14.4. The van der Waals surface area contributed by atoms with Crippen LogP contribution in [-0.2, 0) is 17.5 Å². The maximum absolute atomic E-state index is 12.9. The molecule has 0 atom stereocenters. The van der Waals surface area contributed by atoms with Crippen molar-refractivity contribution in [2.45, 2.75) is 31.7 Å². The monoisotopic (exact) mass is 535 g/mol. The van der Waals surface area contributed by atoms with Crippen LogP contribution in [-0.4, -0.2) is 57.7 Å². The molecule has 202 valence electrons. The third-order valence-electron chi connectivity index (χ3n) is 7.06. The highest BCUT2D eigenvalue weighted by Gasteiger charge is 2.31. The van der Waals surface area contributed by atoms with Crippen molar-refractivity contribution in [3.63, 3.8) is 0 Å². The average molecular weight is 536 g/mol. The minimum absolute atomic E-state index is 0.194. The van der Waals surface area contributed by atoms with Crippen molar-refractivity contribution in [2.24, 2.45) is 0 Å². The molecule has 6 rings (SSSR count). The van der Waals surface area contributed by atoms with E-state index in [1.807, 2.05) is 12.3 Å². The number of nitrogens with one attached hydrogen (secondary N) is 3. The second-order valence-electron chi connectivity index (χ2n) is 9.83. The Bertz CT molecular complexity index is 1560. The van der Waals surface area contributed by atoms with Crippen LogP contribution in [0.5, 0.6) is 0 Å². The molecule has 3 N–H and O–H groups in total. The number of aromatic amines is 2. The van der Waals surface area contributed by atoms with Gasteiger partial charge in [-0.25, -0.2) is 0 Å². The van der Waals surface area contributed by atoms with Crippen LogP contribution < -0.4 is 10.2 Å². The molecule has 1 aliphatic heterocycles. The summed E-state index contributed by atoms with van der Waals surface area (Å²) in [6.07, 6.45) is 3.04. The first-order valence-electron chi connectivity index (χ1n) is 12.9. The lowest BCUT2D eigenvalue weighted by molar-refractivity contribution is -0.137. The number of hydrogen-bond acceptors (Lipinski definition) is 6. The fourth-order valence-electron chi connectivity index (χ4n) is 4.95. The van der Waals surface area contributed by atoms with Gasteiger partial charge in [0, 0.05) is 59.5 Å². The molecular weight excluding hydrogens is 507 g/mol. The molecule has 8 nitrogen and oxygen atoms in total. The number of hydrogen-bond donors (Lipinski definition) is 3. The molecule has 4 heterocycles. The van der Waals surface area contributed by atoms with Gasteiger partial charge in [-0.1, -0.05) is 0 Å². The highest BCUT2D eigenvalue weighted by Crippen LogP contribution is 2.35. The first-order chi connectivity index (χ1) is 18.9. The lowest BCUT2D eigenvalue weighted by atomic mass is 10.0. The van der Waals surface area contributed by atoms with Gasteiger partial charge in [-0.05, 0) is 67.4 Å². The zero-order chi connectivity index (χ0) is 26.8. The smallest absolute Gasteiger partial charge is 0.375 e. The molecule has 0 bridgehead atoms. The predicted octanol–water partition coefficient (Wildman–Crippen LogP) is 5.30. The van der Waals surface area contributed by atoms with E-state index in [0.29, 0.717) is 24.1 Å². The van der Waals surface area contributed by atoms with E-state index in [2.05, 4.69) is 47.7 Å². The minimum atomic E-state index is -4.33.